The highest BCUT2D eigenvalue weighted by molar-refractivity contribution is 5.96. The van der Waals surface area contributed by atoms with Crippen LogP contribution in [-0.4, -0.2) is 31.1 Å². The summed E-state index contributed by atoms with van der Waals surface area (Å²) < 4.78 is 0. The van der Waals surface area contributed by atoms with Crippen LogP contribution in [0.5, 0.6) is 0 Å². The Kier molecular flexibility index (Phi) is 7.89. The first-order chi connectivity index (χ1) is 17.3. The second-order valence-corrected chi connectivity index (χ2v) is 9.91. The largest absolute Gasteiger partial charge is 0.478 e. The van der Waals surface area contributed by atoms with E-state index in [4.69, 9.17) is 5.11 Å². The van der Waals surface area contributed by atoms with Crippen LogP contribution in [0, 0.1) is 5.41 Å². The Morgan fingerprint density at radius 2 is 1.64 bits per heavy atom. The molecular weight excluding hydrogens is 448 g/mol. The Labute approximate surface area is 213 Å². The molecule has 2 N–H and O–H groups in total. The topological polar surface area (TPSA) is 69.6 Å². The predicted octanol–water partition coefficient (Wildman–Crippen LogP) is 6.65. The van der Waals surface area contributed by atoms with Crippen LogP contribution in [0.3, 0.4) is 0 Å². The third-order valence-corrected chi connectivity index (χ3v) is 7.05. The summed E-state index contributed by atoms with van der Waals surface area (Å²) in [6.45, 7) is 0. The van der Waals surface area contributed by atoms with Gasteiger partial charge in [-0.05, 0) is 71.9 Å². The van der Waals surface area contributed by atoms with E-state index >= 15 is 0 Å². The van der Waals surface area contributed by atoms with E-state index in [1.807, 2.05) is 38.4 Å². The van der Waals surface area contributed by atoms with Gasteiger partial charge in [0, 0.05) is 31.5 Å². The van der Waals surface area contributed by atoms with Crippen LogP contribution in [0.25, 0.3) is 17.2 Å². The first-order valence-corrected chi connectivity index (χ1v) is 12.5. The Balaban J connectivity index is 1.52. The maximum Gasteiger partial charge on any atom is 0.328 e. The maximum atomic E-state index is 13.6. The number of benzene rings is 3. The van der Waals surface area contributed by atoms with Crippen LogP contribution in [-0.2, 0) is 16.0 Å². The molecule has 0 radical (unpaired) electrons. The molecule has 36 heavy (non-hydrogen) atoms. The van der Waals surface area contributed by atoms with Crippen molar-refractivity contribution in [3.8, 4) is 11.1 Å². The third kappa shape index (κ3) is 6.22. The summed E-state index contributed by atoms with van der Waals surface area (Å²) in [5.41, 5.74) is 5.65. The molecule has 0 spiro atoms. The van der Waals surface area contributed by atoms with Crippen molar-refractivity contribution in [1.82, 2.24) is 0 Å². The monoisotopic (exact) mass is 482 g/mol. The number of rotatable bonds is 8. The van der Waals surface area contributed by atoms with E-state index < -0.39 is 11.4 Å². The highest BCUT2D eigenvalue weighted by Gasteiger charge is 2.39. The molecule has 5 heteroatoms. The summed E-state index contributed by atoms with van der Waals surface area (Å²) in [6, 6.07) is 24.4. The molecule has 5 nitrogen and oxygen atoms in total. The molecular formula is C31H34N2O3. The lowest BCUT2D eigenvalue weighted by molar-refractivity contribution is -0.131. The van der Waals surface area contributed by atoms with Crippen molar-refractivity contribution in [2.45, 2.75) is 38.5 Å². The zero-order valence-electron chi connectivity index (χ0n) is 21.0. The number of carbonyl (C=O) groups is 2. The first-order valence-electron chi connectivity index (χ1n) is 12.5. The quantitative estimate of drug-likeness (QED) is 0.353. The molecule has 1 aliphatic carbocycles. The molecule has 0 saturated heterocycles. The van der Waals surface area contributed by atoms with Crippen molar-refractivity contribution in [2.24, 2.45) is 5.41 Å². The molecule has 1 saturated carbocycles. The number of nitrogens with one attached hydrogen (secondary N) is 1. The zero-order valence-corrected chi connectivity index (χ0v) is 21.0. The number of anilines is 2. The molecule has 0 bridgehead atoms. The molecule has 1 aliphatic rings. The fourth-order valence-corrected chi connectivity index (χ4v) is 5.03. The van der Waals surface area contributed by atoms with E-state index in [1.54, 1.807) is 0 Å². The molecule has 0 heterocycles. The van der Waals surface area contributed by atoms with Crippen molar-refractivity contribution in [3.05, 3.63) is 90.0 Å². The smallest absolute Gasteiger partial charge is 0.328 e. The van der Waals surface area contributed by atoms with Gasteiger partial charge in [-0.3, -0.25) is 4.79 Å². The van der Waals surface area contributed by atoms with Crippen molar-refractivity contribution >= 4 is 29.3 Å². The second kappa shape index (κ2) is 11.3. The standard InChI is InChI=1S/C31H34N2O3/c1-33(2)28-11-7-9-26(21-28)25-15-12-24(13-16-25)22-31(18-4-3-5-19-31)30(36)32-27-10-6-8-23(20-27)14-17-29(34)35/h6-17,20-21H,3-5,18-19,22H2,1-2H3,(H,32,36)(H,34,35)/b17-14+. The van der Waals surface area contributed by atoms with E-state index in [1.165, 1.54) is 11.6 Å². The van der Waals surface area contributed by atoms with Gasteiger partial charge >= 0.3 is 5.97 Å². The highest BCUT2D eigenvalue weighted by Crippen LogP contribution is 2.41. The Morgan fingerprint density at radius 1 is 0.917 bits per heavy atom. The van der Waals surface area contributed by atoms with E-state index in [0.29, 0.717) is 12.1 Å². The van der Waals surface area contributed by atoms with Gasteiger partial charge in [-0.1, -0.05) is 67.8 Å². The summed E-state index contributed by atoms with van der Waals surface area (Å²) in [5.74, 6) is -0.952. The number of carbonyl (C=O) groups excluding carboxylic acids is 1. The highest BCUT2D eigenvalue weighted by atomic mass is 16.4. The molecule has 0 unspecified atom stereocenters. The maximum absolute atomic E-state index is 13.6. The first kappa shape index (κ1) is 25.2. The number of hydrogen-bond donors (Lipinski definition) is 2. The lowest BCUT2D eigenvalue weighted by atomic mass is 9.69. The Bertz CT molecular complexity index is 1240. The van der Waals surface area contributed by atoms with Crippen LogP contribution in [0.4, 0.5) is 11.4 Å². The average Bonchev–Trinajstić information content (AvgIpc) is 2.89. The minimum Gasteiger partial charge on any atom is -0.478 e. The van der Waals surface area contributed by atoms with Gasteiger partial charge in [0.05, 0.1) is 5.41 Å². The normalized spacial score (nSPS) is 14.9. The van der Waals surface area contributed by atoms with Gasteiger partial charge in [0.1, 0.15) is 0 Å². The molecule has 1 amide bonds. The van der Waals surface area contributed by atoms with E-state index in [2.05, 4.69) is 58.7 Å². The fraction of sp³-hybridized carbons (Fsp3) is 0.290. The minimum absolute atomic E-state index is 0.0457. The van der Waals surface area contributed by atoms with E-state index in [-0.39, 0.29) is 5.91 Å². The summed E-state index contributed by atoms with van der Waals surface area (Å²) in [4.78, 5) is 26.6. The summed E-state index contributed by atoms with van der Waals surface area (Å²) in [5, 5.41) is 12.0. The molecule has 3 aromatic carbocycles. The zero-order chi connectivity index (χ0) is 25.5. The van der Waals surface area contributed by atoms with Gasteiger partial charge in [0.2, 0.25) is 5.91 Å². The van der Waals surface area contributed by atoms with Gasteiger partial charge in [0.25, 0.3) is 0 Å². The van der Waals surface area contributed by atoms with Gasteiger partial charge in [-0.2, -0.15) is 0 Å². The van der Waals surface area contributed by atoms with Crippen molar-refractivity contribution in [1.29, 1.82) is 0 Å². The van der Waals surface area contributed by atoms with Crippen molar-refractivity contribution < 1.29 is 14.7 Å². The van der Waals surface area contributed by atoms with Crippen LogP contribution >= 0.6 is 0 Å². The molecule has 1 fully saturated rings. The average molecular weight is 483 g/mol. The molecule has 186 valence electrons. The molecule has 4 rings (SSSR count). The SMILES string of the molecule is CN(C)c1cccc(-c2ccc(CC3(C(=O)Nc4cccc(/C=C/C(=O)O)c4)CCCCC3)cc2)c1. The summed E-state index contributed by atoms with van der Waals surface area (Å²) in [7, 11) is 4.08. The number of carboxylic acids is 1. The summed E-state index contributed by atoms with van der Waals surface area (Å²) in [6.07, 6.45) is 8.32. The fourth-order valence-electron chi connectivity index (χ4n) is 5.03. The third-order valence-electron chi connectivity index (χ3n) is 7.05. The van der Waals surface area contributed by atoms with Crippen LogP contribution in [0.15, 0.2) is 78.9 Å². The number of nitrogens with zero attached hydrogens (tertiary/aromatic N) is 1. The minimum atomic E-state index is -0.998. The second-order valence-electron chi connectivity index (χ2n) is 9.91. The number of amides is 1. The van der Waals surface area contributed by atoms with Gasteiger partial charge in [-0.25, -0.2) is 4.79 Å². The van der Waals surface area contributed by atoms with Crippen molar-refractivity contribution in [2.75, 3.05) is 24.3 Å². The Hall–Kier alpha value is -3.86. The lowest BCUT2D eigenvalue weighted by Gasteiger charge is -2.36. The van der Waals surface area contributed by atoms with E-state index in [0.717, 1.165) is 60.6 Å². The number of aliphatic carboxylic acids is 1. The van der Waals surface area contributed by atoms with Crippen LogP contribution in [0.1, 0.15) is 43.2 Å². The summed E-state index contributed by atoms with van der Waals surface area (Å²) >= 11 is 0. The van der Waals surface area contributed by atoms with Gasteiger partial charge in [-0.15, -0.1) is 0 Å². The molecule has 0 aliphatic heterocycles. The van der Waals surface area contributed by atoms with Crippen molar-refractivity contribution in [3.63, 3.8) is 0 Å². The lowest BCUT2D eigenvalue weighted by Crippen LogP contribution is -2.40. The van der Waals surface area contributed by atoms with Gasteiger partial charge < -0.3 is 15.3 Å². The van der Waals surface area contributed by atoms with E-state index in [9.17, 15) is 9.59 Å². The number of hydrogen-bond acceptors (Lipinski definition) is 3. The van der Waals surface area contributed by atoms with Gasteiger partial charge in [0.15, 0.2) is 0 Å². The molecule has 0 aromatic heterocycles. The van der Waals surface area contributed by atoms with Crippen LogP contribution in [0.2, 0.25) is 0 Å². The Morgan fingerprint density at radius 3 is 2.33 bits per heavy atom. The number of carboxylic acid groups (broad SMARTS) is 1. The predicted molar refractivity (Wildman–Crippen MR) is 147 cm³/mol. The molecule has 3 aromatic rings. The van der Waals surface area contributed by atoms with Crippen LogP contribution < -0.4 is 10.2 Å². The molecule has 0 atom stereocenters.